The average molecular weight is 313 g/mol. The van der Waals surface area contributed by atoms with Crippen molar-refractivity contribution < 1.29 is 27.1 Å². The zero-order valence-corrected chi connectivity index (χ0v) is 12.0. The number of furan rings is 1. The topological polar surface area (TPSA) is 87.8 Å². The number of carboxylic acids is 1. The van der Waals surface area contributed by atoms with Crippen LogP contribution in [0.2, 0.25) is 0 Å². The van der Waals surface area contributed by atoms with Crippen molar-refractivity contribution in [2.45, 2.75) is 11.8 Å². The largest absolute Gasteiger partial charge is 0.475 e. The van der Waals surface area contributed by atoms with Gasteiger partial charge >= 0.3 is 5.97 Å². The molecular formula is C13H12FNO5S. The number of sulfonamides is 1. The van der Waals surface area contributed by atoms with Crippen LogP contribution in [0.3, 0.4) is 0 Å². The van der Waals surface area contributed by atoms with E-state index in [2.05, 4.69) is 0 Å². The van der Waals surface area contributed by atoms with Crippen molar-refractivity contribution in [3.63, 3.8) is 0 Å². The molecule has 0 amide bonds. The molecule has 1 aromatic carbocycles. The normalized spacial score (nSPS) is 11.4. The van der Waals surface area contributed by atoms with E-state index < -0.39 is 27.6 Å². The molecule has 6 nitrogen and oxygen atoms in total. The molecule has 0 atom stereocenters. The molecule has 21 heavy (non-hydrogen) atoms. The van der Waals surface area contributed by atoms with Gasteiger partial charge in [0.15, 0.2) is 0 Å². The lowest BCUT2D eigenvalue weighted by molar-refractivity contribution is 0.0661. The highest BCUT2D eigenvalue weighted by Crippen LogP contribution is 2.26. The zero-order chi connectivity index (χ0) is 15.8. The van der Waals surface area contributed by atoms with E-state index in [1.807, 2.05) is 0 Å². The minimum atomic E-state index is -3.99. The van der Waals surface area contributed by atoms with Crippen molar-refractivity contribution in [2.75, 3.05) is 11.4 Å². The van der Waals surface area contributed by atoms with Crippen molar-refractivity contribution in [1.82, 2.24) is 0 Å². The van der Waals surface area contributed by atoms with Crippen LogP contribution in [0.1, 0.15) is 16.3 Å². The number of rotatable bonds is 4. The summed E-state index contributed by atoms with van der Waals surface area (Å²) in [6.07, 6.45) is 0. The number of aryl methyl sites for hydroxylation is 1. The third-order valence-corrected chi connectivity index (χ3v) is 4.80. The van der Waals surface area contributed by atoms with Crippen LogP contribution in [0.25, 0.3) is 0 Å². The molecule has 1 heterocycles. The van der Waals surface area contributed by atoms with Gasteiger partial charge < -0.3 is 9.52 Å². The van der Waals surface area contributed by atoms with Gasteiger partial charge in [-0.1, -0.05) is 0 Å². The molecule has 8 heteroatoms. The van der Waals surface area contributed by atoms with Crippen LogP contribution in [-0.2, 0) is 10.0 Å². The maximum atomic E-state index is 12.9. The summed E-state index contributed by atoms with van der Waals surface area (Å²) in [7, 11) is -2.71. The fraction of sp³-hybridized carbons (Fsp3) is 0.154. The number of aromatic carboxylic acids is 1. The molecule has 2 aromatic rings. The fourth-order valence-corrected chi connectivity index (χ4v) is 3.12. The maximum absolute atomic E-state index is 12.9. The number of carboxylic acid groups (broad SMARTS) is 1. The van der Waals surface area contributed by atoms with Crippen LogP contribution >= 0.6 is 0 Å². The maximum Gasteiger partial charge on any atom is 0.371 e. The first-order valence-electron chi connectivity index (χ1n) is 5.81. The standard InChI is InChI=1S/C13H12FNO5S/c1-8-12(7-11(20-8)13(16)17)21(18,19)15(2)10-5-3-9(14)4-6-10/h3-7H,1-2H3,(H,16,17). The van der Waals surface area contributed by atoms with Gasteiger partial charge in [0.05, 0.1) is 5.69 Å². The Hall–Kier alpha value is -2.35. The van der Waals surface area contributed by atoms with Crippen molar-refractivity contribution in [3.8, 4) is 0 Å². The SMILES string of the molecule is Cc1oc(C(=O)O)cc1S(=O)(=O)N(C)c1ccc(F)cc1. The fourth-order valence-electron chi connectivity index (χ4n) is 1.76. The predicted octanol–water partition coefficient (Wildman–Crippen LogP) is 2.25. The first kappa shape index (κ1) is 15.0. The van der Waals surface area contributed by atoms with E-state index in [9.17, 15) is 17.6 Å². The Kier molecular flexibility index (Phi) is 3.73. The predicted molar refractivity (Wildman–Crippen MR) is 72.4 cm³/mol. The van der Waals surface area contributed by atoms with Crippen molar-refractivity contribution >= 4 is 21.7 Å². The highest BCUT2D eigenvalue weighted by molar-refractivity contribution is 7.92. The highest BCUT2D eigenvalue weighted by Gasteiger charge is 2.28. The van der Waals surface area contributed by atoms with Gasteiger partial charge in [0.1, 0.15) is 16.5 Å². The van der Waals surface area contributed by atoms with E-state index in [1.165, 1.54) is 26.1 Å². The lowest BCUT2D eigenvalue weighted by atomic mass is 10.3. The summed E-state index contributed by atoms with van der Waals surface area (Å²) in [6, 6.07) is 5.83. The van der Waals surface area contributed by atoms with Gasteiger partial charge in [-0.25, -0.2) is 17.6 Å². The number of halogens is 1. The van der Waals surface area contributed by atoms with E-state index in [0.29, 0.717) is 0 Å². The molecule has 1 aromatic heterocycles. The molecule has 0 aliphatic rings. The van der Waals surface area contributed by atoms with Crippen LogP contribution in [-0.4, -0.2) is 26.5 Å². The summed E-state index contributed by atoms with van der Waals surface area (Å²) in [6.45, 7) is 1.36. The molecular weight excluding hydrogens is 301 g/mol. The third kappa shape index (κ3) is 2.75. The summed E-state index contributed by atoms with van der Waals surface area (Å²) in [5, 5.41) is 8.83. The van der Waals surface area contributed by atoms with Gasteiger partial charge in [-0.15, -0.1) is 0 Å². The Balaban J connectivity index is 2.46. The number of benzene rings is 1. The second kappa shape index (κ2) is 5.21. The van der Waals surface area contributed by atoms with E-state index in [1.54, 1.807) is 0 Å². The molecule has 0 spiro atoms. The van der Waals surface area contributed by atoms with Crippen molar-refractivity contribution in [3.05, 3.63) is 47.7 Å². The van der Waals surface area contributed by atoms with Gasteiger partial charge in [0, 0.05) is 13.1 Å². The smallest absolute Gasteiger partial charge is 0.371 e. The molecule has 2 rings (SSSR count). The average Bonchev–Trinajstić information content (AvgIpc) is 2.82. The Bertz CT molecular complexity index is 779. The first-order valence-corrected chi connectivity index (χ1v) is 7.25. The lowest BCUT2D eigenvalue weighted by Gasteiger charge is -2.18. The van der Waals surface area contributed by atoms with Gasteiger partial charge in [-0.05, 0) is 31.2 Å². The van der Waals surface area contributed by atoms with E-state index in [0.717, 1.165) is 22.5 Å². The zero-order valence-electron chi connectivity index (χ0n) is 11.2. The minimum Gasteiger partial charge on any atom is -0.475 e. The quantitative estimate of drug-likeness (QED) is 0.935. The van der Waals surface area contributed by atoms with E-state index in [-0.39, 0.29) is 16.3 Å². The monoisotopic (exact) mass is 313 g/mol. The number of anilines is 1. The van der Waals surface area contributed by atoms with Gasteiger partial charge in [0.2, 0.25) is 5.76 Å². The number of hydrogen-bond acceptors (Lipinski definition) is 4. The number of nitrogens with zero attached hydrogens (tertiary/aromatic N) is 1. The minimum absolute atomic E-state index is 0.0265. The molecule has 0 radical (unpaired) electrons. The Labute approximate surface area is 120 Å². The summed E-state index contributed by atoms with van der Waals surface area (Å²) in [5.74, 6) is -2.33. The Morgan fingerprint density at radius 3 is 2.33 bits per heavy atom. The van der Waals surface area contributed by atoms with Gasteiger partial charge in [-0.2, -0.15) is 0 Å². The second-order valence-corrected chi connectivity index (χ2v) is 6.22. The Morgan fingerprint density at radius 1 is 1.29 bits per heavy atom. The molecule has 0 aliphatic heterocycles. The molecule has 0 unspecified atom stereocenters. The molecule has 1 N–H and O–H groups in total. The molecule has 0 fully saturated rings. The summed E-state index contributed by atoms with van der Waals surface area (Å²) in [5.41, 5.74) is 0.244. The summed E-state index contributed by atoms with van der Waals surface area (Å²) >= 11 is 0. The molecule has 0 aliphatic carbocycles. The highest BCUT2D eigenvalue weighted by atomic mass is 32.2. The lowest BCUT2D eigenvalue weighted by Crippen LogP contribution is -2.26. The van der Waals surface area contributed by atoms with Gasteiger partial charge in [-0.3, -0.25) is 4.31 Å². The van der Waals surface area contributed by atoms with Gasteiger partial charge in [0.25, 0.3) is 10.0 Å². The third-order valence-electron chi connectivity index (χ3n) is 2.91. The van der Waals surface area contributed by atoms with Crippen LogP contribution < -0.4 is 4.31 Å². The van der Waals surface area contributed by atoms with E-state index >= 15 is 0 Å². The molecule has 0 saturated carbocycles. The van der Waals surface area contributed by atoms with Crippen molar-refractivity contribution in [2.24, 2.45) is 0 Å². The van der Waals surface area contributed by atoms with Crippen LogP contribution in [0.15, 0.2) is 39.6 Å². The number of carbonyl (C=O) groups is 1. The van der Waals surface area contributed by atoms with Crippen molar-refractivity contribution in [1.29, 1.82) is 0 Å². The molecule has 0 bridgehead atoms. The number of hydrogen-bond donors (Lipinski definition) is 1. The van der Waals surface area contributed by atoms with Crippen LogP contribution in [0, 0.1) is 12.7 Å². The first-order chi connectivity index (χ1) is 9.73. The summed E-state index contributed by atoms with van der Waals surface area (Å²) in [4.78, 5) is 10.6. The molecule has 112 valence electrons. The molecule has 0 saturated heterocycles. The second-order valence-electron chi connectivity index (χ2n) is 4.29. The van der Waals surface area contributed by atoms with Crippen LogP contribution in [0.4, 0.5) is 10.1 Å². The Morgan fingerprint density at radius 2 is 1.86 bits per heavy atom. The summed E-state index contributed by atoms with van der Waals surface area (Å²) < 4.78 is 43.6. The van der Waals surface area contributed by atoms with Crippen LogP contribution in [0.5, 0.6) is 0 Å². The van der Waals surface area contributed by atoms with E-state index in [4.69, 9.17) is 9.52 Å².